The first-order chi connectivity index (χ1) is 14.0. The molecule has 4 aliphatic carbocycles. The molecule has 0 saturated heterocycles. The van der Waals surface area contributed by atoms with Gasteiger partial charge in [-0.2, -0.15) is 0 Å². The molecule has 0 radical (unpaired) electrons. The lowest BCUT2D eigenvalue weighted by atomic mass is 9.49. The number of nitrogens with one attached hydrogen (secondary N) is 1. The van der Waals surface area contributed by atoms with Crippen molar-refractivity contribution >= 4 is 29.2 Å². The van der Waals surface area contributed by atoms with E-state index in [0.717, 1.165) is 48.4 Å². The third kappa shape index (κ3) is 4.47. The fraction of sp³-hybridized carbons (Fsp3) is 0.714. The summed E-state index contributed by atoms with van der Waals surface area (Å²) in [4.78, 5) is 40.6. The Bertz CT molecular complexity index is 755. The van der Waals surface area contributed by atoms with E-state index in [1.165, 1.54) is 19.3 Å². The van der Waals surface area contributed by atoms with E-state index in [2.05, 4.69) is 10.3 Å². The Morgan fingerprint density at radius 3 is 2.41 bits per heavy atom. The molecule has 7 nitrogen and oxygen atoms in total. The molecule has 4 aliphatic rings. The molecule has 1 heterocycles. The van der Waals surface area contributed by atoms with Crippen LogP contribution in [0.2, 0.25) is 0 Å². The highest BCUT2D eigenvalue weighted by Crippen LogP contribution is 2.60. The molecule has 1 aromatic rings. The first-order valence-corrected chi connectivity index (χ1v) is 11.4. The Labute approximate surface area is 174 Å². The number of rotatable bonds is 8. The van der Waals surface area contributed by atoms with Crippen LogP contribution in [0.25, 0.3) is 0 Å². The van der Waals surface area contributed by atoms with Crippen molar-refractivity contribution in [2.24, 2.45) is 23.2 Å². The third-order valence-electron chi connectivity index (χ3n) is 6.52. The molecule has 1 amide bonds. The second-order valence-corrected chi connectivity index (χ2v) is 9.59. The SMILES string of the molecule is CCOC(=O)c1nc(COC(=O)CCNC(=O)C23CC4CC(CC(C4)C2)C3)cs1. The standard InChI is InChI=1S/C21H28N2O5S/c1-2-27-19(25)18-23-16(12-29-18)11-28-17(24)3-4-22-20(26)21-8-13-5-14(9-21)7-15(6-13)10-21/h12-15H,2-11H2,1H3,(H,22,26). The van der Waals surface area contributed by atoms with Crippen LogP contribution in [0.4, 0.5) is 0 Å². The number of nitrogens with zero attached hydrogens (tertiary/aromatic N) is 1. The van der Waals surface area contributed by atoms with Gasteiger partial charge in [0.05, 0.1) is 18.7 Å². The summed E-state index contributed by atoms with van der Waals surface area (Å²) >= 11 is 1.16. The van der Waals surface area contributed by atoms with Crippen molar-refractivity contribution in [1.82, 2.24) is 10.3 Å². The predicted octanol–water partition coefficient (Wildman–Crippen LogP) is 3.09. The maximum absolute atomic E-state index is 12.9. The van der Waals surface area contributed by atoms with Gasteiger partial charge in [0.25, 0.3) is 0 Å². The number of aromatic nitrogens is 1. The molecule has 8 heteroatoms. The Morgan fingerprint density at radius 2 is 1.79 bits per heavy atom. The monoisotopic (exact) mass is 420 g/mol. The van der Waals surface area contributed by atoms with Crippen LogP contribution in [0, 0.1) is 23.2 Å². The van der Waals surface area contributed by atoms with Gasteiger partial charge in [0.1, 0.15) is 6.61 Å². The number of ether oxygens (including phenoxy) is 2. The minimum atomic E-state index is -0.470. The summed E-state index contributed by atoms with van der Waals surface area (Å²) in [5.41, 5.74) is 0.326. The van der Waals surface area contributed by atoms with E-state index in [0.29, 0.717) is 12.2 Å². The molecule has 158 valence electrons. The Balaban J connectivity index is 1.19. The van der Waals surface area contributed by atoms with Gasteiger partial charge in [-0.1, -0.05) is 0 Å². The summed E-state index contributed by atoms with van der Waals surface area (Å²) in [5.74, 6) is 1.42. The summed E-state index contributed by atoms with van der Waals surface area (Å²) in [6.07, 6.45) is 7.08. The Hall–Kier alpha value is -1.96. The summed E-state index contributed by atoms with van der Waals surface area (Å²) in [6, 6.07) is 0. The second-order valence-electron chi connectivity index (χ2n) is 8.73. The highest BCUT2D eigenvalue weighted by atomic mass is 32.1. The molecule has 29 heavy (non-hydrogen) atoms. The largest absolute Gasteiger partial charge is 0.461 e. The van der Waals surface area contributed by atoms with Gasteiger partial charge in [0.15, 0.2) is 0 Å². The average molecular weight is 421 g/mol. The summed E-state index contributed by atoms with van der Waals surface area (Å²) < 4.78 is 10.1. The van der Waals surface area contributed by atoms with Crippen LogP contribution in [0.5, 0.6) is 0 Å². The molecular weight excluding hydrogens is 392 g/mol. The van der Waals surface area contributed by atoms with Crippen LogP contribution in [0.15, 0.2) is 5.38 Å². The first kappa shape index (κ1) is 20.3. The topological polar surface area (TPSA) is 94.6 Å². The molecule has 0 aromatic carbocycles. The van der Waals surface area contributed by atoms with E-state index in [9.17, 15) is 14.4 Å². The normalized spacial score (nSPS) is 29.5. The zero-order valence-electron chi connectivity index (χ0n) is 16.8. The maximum atomic E-state index is 12.9. The van der Waals surface area contributed by atoms with Gasteiger partial charge in [-0.05, 0) is 63.2 Å². The van der Waals surface area contributed by atoms with Crippen molar-refractivity contribution in [1.29, 1.82) is 0 Å². The van der Waals surface area contributed by atoms with Gasteiger partial charge in [-0.25, -0.2) is 9.78 Å². The van der Waals surface area contributed by atoms with Crippen molar-refractivity contribution in [2.75, 3.05) is 13.2 Å². The summed E-state index contributed by atoms with van der Waals surface area (Å²) in [6.45, 7) is 2.33. The molecule has 0 spiro atoms. The van der Waals surface area contributed by atoms with Crippen molar-refractivity contribution in [3.63, 3.8) is 0 Å². The minimum Gasteiger partial charge on any atom is -0.461 e. The molecule has 4 saturated carbocycles. The van der Waals surface area contributed by atoms with E-state index in [4.69, 9.17) is 9.47 Å². The average Bonchev–Trinajstić information content (AvgIpc) is 3.15. The van der Waals surface area contributed by atoms with Gasteiger partial charge in [-0.3, -0.25) is 9.59 Å². The number of hydrogen-bond acceptors (Lipinski definition) is 7. The van der Waals surface area contributed by atoms with Gasteiger partial charge < -0.3 is 14.8 Å². The number of amides is 1. The van der Waals surface area contributed by atoms with Crippen molar-refractivity contribution < 1.29 is 23.9 Å². The zero-order chi connectivity index (χ0) is 20.4. The number of thiazole rings is 1. The number of carbonyl (C=O) groups excluding carboxylic acids is 3. The van der Waals surface area contributed by atoms with Gasteiger partial charge in [-0.15, -0.1) is 11.3 Å². The van der Waals surface area contributed by atoms with Gasteiger partial charge in [0, 0.05) is 17.3 Å². The zero-order valence-corrected chi connectivity index (χ0v) is 17.6. The molecule has 1 N–H and O–H groups in total. The smallest absolute Gasteiger partial charge is 0.367 e. The molecule has 4 bridgehead atoms. The molecule has 1 aromatic heterocycles. The number of esters is 2. The highest BCUT2D eigenvalue weighted by Gasteiger charge is 2.54. The van der Waals surface area contributed by atoms with E-state index in [1.54, 1.807) is 12.3 Å². The van der Waals surface area contributed by atoms with Gasteiger partial charge >= 0.3 is 11.9 Å². The third-order valence-corrected chi connectivity index (χ3v) is 7.39. The molecule has 0 atom stereocenters. The van der Waals surface area contributed by atoms with Crippen LogP contribution in [-0.2, 0) is 25.7 Å². The van der Waals surface area contributed by atoms with Gasteiger partial charge in [0.2, 0.25) is 10.9 Å². The van der Waals surface area contributed by atoms with Crippen LogP contribution in [0.1, 0.15) is 67.4 Å². The summed E-state index contributed by atoms with van der Waals surface area (Å²) in [7, 11) is 0. The quantitative estimate of drug-likeness (QED) is 0.650. The molecular formula is C21H28N2O5S. The lowest BCUT2D eigenvalue weighted by Crippen LogP contribution is -2.53. The van der Waals surface area contributed by atoms with Crippen molar-refractivity contribution in [3.8, 4) is 0 Å². The molecule has 0 unspecified atom stereocenters. The lowest BCUT2D eigenvalue weighted by molar-refractivity contribution is -0.147. The van der Waals surface area contributed by atoms with Crippen LogP contribution in [-0.4, -0.2) is 36.0 Å². The summed E-state index contributed by atoms with van der Waals surface area (Å²) in [5, 5.41) is 4.91. The van der Waals surface area contributed by atoms with Crippen LogP contribution >= 0.6 is 11.3 Å². The maximum Gasteiger partial charge on any atom is 0.367 e. The predicted molar refractivity (Wildman–Crippen MR) is 106 cm³/mol. The molecule has 5 rings (SSSR count). The van der Waals surface area contributed by atoms with Crippen molar-refractivity contribution in [2.45, 2.75) is 58.5 Å². The molecule has 0 aliphatic heterocycles. The molecule has 4 fully saturated rings. The lowest BCUT2D eigenvalue weighted by Gasteiger charge is -2.55. The van der Waals surface area contributed by atoms with Crippen molar-refractivity contribution in [3.05, 3.63) is 16.1 Å². The van der Waals surface area contributed by atoms with E-state index in [1.807, 2.05) is 0 Å². The number of hydrogen-bond donors (Lipinski definition) is 1. The Kier molecular flexibility index (Phi) is 5.90. The van der Waals surface area contributed by atoms with Crippen LogP contribution < -0.4 is 5.32 Å². The fourth-order valence-electron chi connectivity index (χ4n) is 5.74. The minimum absolute atomic E-state index is 0.0116. The van der Waals surface area contributed by atoms with E-state index in [-0.39, 0.29) is 41.9 Å². The Morgan fingerprint density at radius 1 is 1.14 bits per heavy atom. The fourth-order valence-corrected chi connectivity index (χ4v) is 6.43. The first-order valence-electron chi connectivity index (χ1n) is 10.5. The van der Waals surface area contributed by atoms with Crippen LogP contribution in [0.3, 0.4) is 0 Å². The second kappa shape index (κ2) is 8.42. The van der Waals surface area contributed by atoms with E-state index < -0.39 is 5.97 Å². The number of carbonyl (C=O) groups is 3. The van der Waals surface area contributed by atoms with E-state index >= 15 is 0 Å². The highest BCUT2D eigenvalue weighted by molar-refractivity contribution is 7.11.